The van der Waals surface area contributed by atoms with Crippen LogP contribution in [0, 0.1) is 12.7 Å². The summed E-state index contributed by atoms with van der Waals surface area (Å²) in [4.78, 5) is 4.17. The van der Waals surface area contributed by atoms with Crippen molar-refractivity contribution >= 4 is 5.57 Å². The number of allylic oxidation sites excluding steroid dienone is 1. The van der Waals surface area contributed by atoms with Gasteiger partial charge in [-0.2, -0.15) is 0 Å². The third-order valence-corrected chi connectivity index (χ3v) is 3.09. The van der Waals surface area contributed by atoms with Crippen LogP contribution < -0.4 is 0 Å². The number of nitrogens with zero attached hydrogens (tertiary/aromatic N) is 1. The lowest BCUT2D eigenvalue weighted by Gasteiger charge is -2.11. The Labute approximate surface area is 113 Å². The molecule has 19 heavy (non-hydrogen) atoms. The zero-order valence-electron chi connectivity index (χ0n) is 11.4. The first kappa shape index (κ1) is 13.5. The Morgan fingerprint density at radius 3 is 2.79 bits per heavy atom. The standard InChI is InChI=1S/C17H18FN/c1-3-4-7-17(14-6-5-10-19-12-14)16-9-8-15(18)11-13(16)2/h5-12H,3-4H2,1-2H3. The summed E-state index contributed by atoms with van der Waals surface area (Å²) in [5.41, 5.74) is 4.23. The summed E-state index contributed by atoms with van der Waals surface area (Å²) in [6.45, 7) is 4.09. The predicted octanol–water partition coefficient (Wildman–Crippen LogP) is 4.76. The number of hydrogen-bond donors (Lipinski definition) is 0. The quantitative estimate of drug-likeness (QED) is 0.767. The third-order valence-electron chi connectivity index (χ3n) is 3.09. The van der Waals surface area contributed by atoms with E-state index in [0.29, 0.717) is 0 Å². The molecule has 0 aliphatic rings. The zero-order valence-corrected chi connectivity index (χ0v) is 11.4. The molecule has 0 N–H and O–H groups in total. The van der Waals surface area contributed by atoms with Gasteiger partial charge in [-0.3, -0.25) is 4.98 Å². The number of benzene rings is 1. The highest BCUT2D eigenvalue weighted by molar-refractivity contribution is 5.80. The fraction of sp³-hybridized carbons (Fsp3) is 0.235. The smallest absolute Gasteiger partial charge is 0.123 e. The second-order valence-electron chi connectivity index (χ2n) is 4.61. The number of unbranched alkanes of at least 4 members (excludes halogenated alkanes) is 1. The number of pyridine rings is 1. The number of aryl methyl sites for hydroxylation is 1. The summed E-state index contributed by atoms with van der Waals surface area (Å²) in [5.74, 6) is -0.192. The van der Waals surface area contributed by atoms with E-state index < -0.39 is 0 Å². The molecule has 0 amide bonds. The van der Waals surface area contributed by atoms with Gasteiger partial charge in [0.05, 0.1) is 0 Å². The Balaban J connectivity index is 2.50. The molecule has 0 saturated heterocycles. The van der Waals surface area contributed by atoms with E-state index in [-0.39, 0.29) is 5.82 Å². The van der Waals surface area contributed by atoms with Gasteiger partial charge < -0.3 is 0 Å². The molecule has 1 aromatic heterocycles. The molecule has 2 heteroatoms. The number of halogens is 1. The van der Waals surface area contributed by atoms with E-state index in [9.17, 15) is 4.39 Å². The van der Waals surface area contributed by atoms with E-state index in [1.54, 1.807) is 12.3 Å². The Morgan fingerprint density at radius 2 is 2.16 bits per heavy atom. The molecule has 0 radical (unpaired) electrons. The maximum absolute atomic E-state index is 13.2. The van der Waals surface area contributed by atoms with Crippen molar-refractivity contribution in [1.82, 2.24) is 4.98 Å². The van der Waals surface area contributed by atoms with Crippen molar-refractivity contribution in [2.75, 3.05) is 0 Å². The van der Waals surface area contributed by atoms with Gasteiger partial charge in [0.2, 0.25) is 0 Å². The molecule has 1 aromatic carbocycles. The maximum Gasteiger partial charge on any atom is 0.123 e. The van der Waals surface area contributed by atoms with Crippen molar-refractivity contribution < 1.29 is 4.39 Å². The zero-order chi connectivity index (χ0) is 13.7. The first-order chi connectivity index (χ1) is 9.22. The molecule has 2 rings (SSSR count). The fourth-order valence-corrected chi connectivity index (χ4v) is 2.12. The Morgan fingerprint density at radius 1 is 1.32 bits per heavy atom. The van der Waals surface area contributed by atoms with Gasteiger partial charge in [0.15, 0.2) is 0 Å². The van der Waals surface area contributed by atoms with E-state index in [1.165, 1.54) is 6.07 Å². The summed E-state index contributed by atoms with van der Waals surface area (Å²) < 4.78 is 13.2. The van der Waals surface area contributed by atoms with Crippen LogP contribution in [-0.2, 0) is 0 Å². The maximum atomic E-state index is 13.2. The van der Waals surface area contributed by atoms with Crippen LogP contribution in [0.3, 0.4) is 0 Å². The minimum Gasteiger partial charge on any atom is -0.264 e. The van der Waals surface area contributed by atoms with Crippen molar-refractivity contribution in [1.29, 1.82) is 0 Å². The number of hydrogen-bond acceptors (Lipinski definition) is 1. The van der Waals surface area contributed by atoms with E-state index >= 15 is 0 Å². The molecule has 1 nitrogen and oxygen atoms in total. The first-order valence-corrected chi connectivity index (χ1v) is 6.59. The Bertz CT molecular complexity index is 573. The summed E-state index contributed by atoms with van der Waals surface area (Å²) in [6, 6.07) is 8.90. The molecule has 0 aliphatic heterocycles. The van der Waals surface area contributed by atoms with E-state index in [0.717, 1.165) is 35.1 Å². The highest BCUT2D eigenvalue weighted by atomic mass is 19.1. The average molecular weight is 255 g/mol. The second kappa shape index (κ2) is 6.28. The summed E-state index contributed by atoms with van der Waals surface area (Å²) >= 11 is 0. The fourth-order valence-electron chi connectivity index (χ4n) is 2.12. The lowest BCUT2D eigenvalue weighted by Crippen LogP contribution is -1.93. The molecule has 0 atom stereocenters. The van der Waals surface area contributed by atoms with Crippen molar-refractivity contribution in [3.63, 3.8) is 0 Å². The molecule has 2 aromatic rings. The molecular weight excluding hydrogens is 237 g/mol. The van der Waals surface area contributed by atoms with Gasteiger partial charge >= 0.3 is 0 Å². The van der Waals surface area contributed by atoms with Gasteiger partial charge in [0.25, 0.3) is 0 Å². The Kier molecular flexibility index (Phi) is 4.45. The van der Waals surface area contributed by atoms with Crippen LogP contribution in [0.1, 0.15) is 36.5 Å². The first-order valence-electron chi connectivity index (χ1n) is 6.59. The van der Waals surface area contributed by atoms with Gasteiger partial charge in [0, 0.05) is 18.0 Å². The SMILES string of the molecule is CCCC=C(c1cccnc1)c1ccc(F)cc1C. The molecule has 0 spiro atoms. The van der Waals surface area contributed by atoms with E-state index in [4.69, 9.17) is 0 Å². The topological polar surface area (TPSA) is 12.9 Å². The van der Waals surface area contributed by atoms with Crippen molar-refractivity contribution in [3.8, 4) is 0 Å². The highest BCUT2D eigenvalue weighted by Gasteiger charge is 2.08. The van der Waals surface area contributed by atoms with Gasteiger partial charge in [-0.25, -0.2) is 4.39 Å². The summed E-state index contributed by atoms with van der Waals surface area (Å²) in [7, 11) is 0. The lowest BCUT2D eigenvalue weighted by molar-refractivity contribution is 0.626. The van der Waals surface area contributed by atoms with Crippen LogP contribution in [0.4, 0.5) is 4.39 Å². The highest BCUT2D eigenvalue weighted by Crippen LogP contribution is 2.26. The lowest BCUT2D eigenvalue weighted by atomic mass is 9.94. The minimum absolute atomic E-state index is 0.192. The van der Waals surface area contributed by atoms with E-state index in [2.05, 4.69) is 18.0 Å². The van der Waals surface area contributed by atoms with Crippen molar-refractivity contribution in [3.05, 3.63) is 71.3 Å². The van der Waals surface area contributed by atoms with Crippen LogP contribution >= 0.6 is 0 Å². The predicted molar refractivity (Wildman–Crippen MR) is 77.4 cm³/mol. The van der Waals surface area contributed by atoms with Crippen LogP contribution in [0.5, 0.6) is 0 Å². The van der Waals surface area contributed by atoms with Crippen molar-refractivity contribution in [2.24, 2.45) is 0 Å². The molecule has 0 saturated carbocycles. The molecule has 98 valence electrons. The normalized spacial score (nSPS) is 11.6. The second-order valence-corrected chi connectivity index (χ2v) is 4.61. The molecular formula is C17H18FN. The van der Waals surface area contributed by atoms with Gasteiger partial charge in [-0.15, -0.1) is 0 Å². The van der Waals surface area contributed by atoms with Gasteiger partial charge in [-0.1, -0.05) is 31.6 Å². The number of aromatic nitrogens is 1. The monoisotopic (exact) mass is 255 g/mol. The summed E-state index contributed by atoms with van der Waals surface area (Å²) in [6.07, 6.45) is 7.91. The van der Waals surface area contributed by atoms with E-state index in [1.807, 2.05) is 31.3 Å². The van der Waals surface area contributed by atoms with Gasteiger partial charge in [0.1, 0.15) is 5.82 Å². The van der Waals surface area contributed by atoms with Crippen LogP contribution in [-0.4, -0.2) is 4.98 Å². The molecule has 0 bridgehead atoms. The van der Waals surface area contributed by atoms with Crippen LogP contribution in [0.15, 0.2) is 48.8 Å². The molecule has 0 fully saturated rings. The Hall–Kier alpha value is -1.96. The average Bonchev–Trinajstić information content (AvgIpc) is 2.42. The molecule has 0 aliphatic carbocycles. The van der Waals surface area contributed by atoms with Gasteiger partial charge in [-0.05, 0) is 48.2 Å². The minimum atomic E-state index is -0.192. The largest absolute Gasteiger partial charge is 0.264 e. The molecule has 0 unspecified atom stereocenters. The van der Waals surface area contributed by atoms with Crippen molar-refractivity contribution in [2.45, 2.75) is 26.7 Å². The number of rotatable bonds is 4. The van der Waals surface area contributed by atoms with Crippen LogP contribution in [0.2, 0.25) is 0 Å². The third kappa shape index (κ3) is 3.28. The molecule has 1 heterocycles. The van der Waals surface area contributed by atoms with Crippen LogP contribution in [0.25, 0.3) is 5.57 Å². The summed E-state index contributed by atoms with van der Waals surface area (Å²) in [5, 5.41) is 0.